The molecule has 3 nitrogen and oxygen atoms in total. The molecular formula is C21H13ClN2O. The van der Waals surface area contributed by atoms with Crippen molar-refractivity contribution in [2.75, 3.05) is 0 Å². The molecule has 0 unspecified atom stereocenters. The molecule has 0 fully saturated rings. The van der Waals surface area contributed by atoms with E-state index in [-0.39, 0.29) is 5.78 Å². The molecule has 0 saturated carbocycles. The summed E-state index contributed by atoms with van der Waals surface area (Å²) in [6.45, 7) is 0. The molecule has 120 valence electrons. The summed E-state index contributed by atoms with van der Waals surface area (Å²) in [6, 6.07) is 22.2. The third-order valence-electron chi connectivity index (χ3n) is 3.99. The third-order valence-corrected chi connectivity index (χ3v) is 4.24. The molecule has 25 heavy (non-hydrogen) atoms. The summed E-state index contributed by atoms with van der Waals surface area (Å²) in [5, 5.41) is 1.43. The molecular weight excluding hydrogens is 332 g/mol. The molecule has 4 aromatic rings. The van der Waals surface area contributed by atoms with Gasteiger partial charge in [-0.1, -0.05) is 41.9 Å². The zero-order valence-electron chi connectivity index (χ0n) is 13.2. The van der Waals surface area contributed by atoms with Crippen molar-refractivity contribution in [3.63, 3.8) is 0 Å². The average Bonchev–Trinajstić information content (AvgIpc) is 2.68. The van der Waals surface area contributed by atoms with Gasteiger partial charge >= 0.3 is 0 Å². The SMILES string of the molecule is O=C(c1ccc(Cl)cc1)c1cc2cccnc2nc1-c1ccccc1. The lowest BCUT2D eigenvalue weighted by Gasteiger charge is -2.10. The standard InChI is InChI=1S/C21H13ClN2O/c22-17-10-8-15(9-11-17)20(25)18-13-16-7-4-12-23-21(16)24-19(18)14-5-2-1-3-6-14/h1-13H. The first-order valence-corrected chi connectivity index (χ1v) is 8.21. The zero-order chi connectivity index (χ0) is 17.2. The smallest absolute Gasteiger partial charge is 0.195 e. The lowest BCUT2D eigenvalue weighted by molar-refractivity contribution is 0.103. The van der Waals surface area contributed by atoms with Crippen LogP contribution in [0.4, 0.5) is 0 Å². The summed E-state index contributed by atoms with van der Waals surface area (Å²) in [7, 11) is 0. The lowest BCUT2D eigenvalue weighted by atomic mass is 9.97. The second kappa shape index (κ2) is 6.46. The highest BCUT2D eigenvalue weighted by Crippen LogP contribution is 2.27. The predicted octanol–water partition coefficient (Wildman–Crippen LogP) is 5.18. The number of ketones is 1. The van der Waals surface area contributed by atoms with Gasteiger partial charge in [0.2, 0.25) is 0 Å². The molecule has 2 aromatic heterocycles. The molecule has 2 heterocycles. The van der Waals surface area contributed by atoms with Crippen molar-refractivity contribution in [1.29, 1.82) is 0 Å². The van der Waals surface area contributed by atoms with E-state index in [9.17, 15) is 4.79 Å². The number of aromatic nitrogens is 2. The highest BCUT2D eigenvalue weighted by Gasteiger charge is 2.17. The van der Waals surface area contributed by atoms with E-state index < -0.39 is 0 Å². The van der Waals surface area contributed by atoms with Crippen LogP contribution < -0.4 is 0 Å². The minimum atomic E-state index is -0.0891. The van der Waals surface area contributed by atoms with Gasteiger partial charge in [-0.05, 0) is 42.5 Å². The van der Waals surface area contributed by atoms with Crippen LogP contribution in [0.1, 0.15) is 15.9 Å². The fourth-order valence-corrected chi connectivity index (χ4v) is 2.88. The van der Waals surface area contributed by atoms with Crippen LogP contribution in [0.2, 0.25) is 5.02 Å². The fraction of sp³-hybridized carbons (Fsp3) is 0. The largest absolute Gasteiger partial charge is 0.289 e. The van der Waals surface area contributed by atoms with Gasteiger partial charge < -0.3 is 0 Å². The van der Waals surface area contributed by atoms with Crippen LogP contribution in [0.25, 0.3) is 22.3 Å². The Kier molecular flexibility index (Phi) is 4.00. The highest BCUT2D eigenvalue weighted by atomic mass is 35.5. The van der Waals surface area contributed by atoms with E-state index in [4.69, 9.17) is 11.6 Å². The molecule has 0 spiro atoms. The summed E-state index contributed by atoms with van der Waals surface area (Å²) in [5.41, 5.74) is 3.26. The first kappa shape index (κ1) is 15.5. The Morgan fingerprint density at radius 1 is 0.880 bits per heavy atom. The Morgan fingerprint density at radius 2 is 1.64 bits per heavy atom. The van der Waals surface area contributed by atoms with E-state index >= 15 is 0 Å². The van der Waals surface area contributed by atoms with Crippen molar-refractivity contribution in [1.82, 2.24) is 9.97 Å². The van der Waals surface area contributed by atoms with Gasteiger partial charge in [0.25, 0.3) is 0 Å². The number of rotatable bonds is 3. The molecule has 0 atom stereocenters. The topological polar surface area (TPSA) is 42.9 Å². The van der Waals surface area contributed by atoms with Crippen LogP contribution in [0.5, 0.6) is 0 Å². The van der Waals surface area contributed by atoms with Gasteiger partial charge in [0.05, 0.1) is 5.69 Å². The van der Waals surface area contributed by atoms with Crippen molar-refractivity contribution in [2.45, 2.75) is 0 Å². The van der Waals surface area contributed by atoms with E-state index in [1.165, 1.54) is 0 Å². The summed E-state index contributed by atoms with van der Waals surface area (Å²) >= 11 is 5.94. The second-order valence-electron chi connectivity index (χ2n) is 5.64. The van der Waals surface area contributed by atoms with Gasteiger partial charge in [-0.15, -0.1) is 0 Å². The summed E-state index contributed by atoms with van der Waals surface area (Å²) < 4.78 is 0. The zero-order valence-corrected chi connectivity index (χ0v) is 13.9. The fourth-order valence-electron chi connectivity index (χ4n) is 2.75. The number of hydrogen-bond acceptors (Lipinski definition) is 3. The number of benzene rings is 2. The second-order valence-corrected chi connectivity index (χ2v) is 6.07. The van der Waals surface area contributed by atoms with E-state index in [1.54, 1.807) is 30.5 Å². The molecule has 0 N–H and O–H groups in total. The molecule has 0 amide bonds. The van der Waals surface area contributed by atoms with E-state index in [2.05, 4.69) is 9.97 Å². The number of carbonyl (C=O) groups is 1. The monoisotopic (exact) mass is 344 g/mol. The highest BCUT2D eigenvalue weighted by molar-refractivity contribution is 6.30. The average molecular weight is 345 g/mol. The number of hydrogen-bond donors (Lipinski definition) is 0. The summed E-state index contributed by atoms with van der Waals surface area (Å²) in [6.07, 6.45) is 1.70. The molecule has 2 aromatic carbocycles. The van der Waals surface area contributed by atoms with Gasteiger partial charge in [0, 0.05) is 33.3 Å². The first-order valence-electron chi connectivity index (χ1n) is 7.84. The van der Waals surface area contributed by atoms with Gasteiger partial charge in [0.15, 0.2) is 11.4 Å². The minimum Gasteiger partial charge on any atom is -0.289 e. The molecule has 0 aliphatic carbocycles. The van der Waals surface area contributed by atoms with Gasteiger partial charge in [-0.25, -0.2) is 9.97 Å². The van der Waals surface area contributed by atoms with Crippen molar-refractivity contribution in [3.05, 3.63) is 95.1 Å². The number of carbonyl (C=O) groups excluding carboxylic acids is 1. The van der Waals surface area contributed by atoms with Crippen LogP contribution in [0, 0.1) is 0 Å². The van der Waals surface area contributed by atoms with E-state index in [0.29, 0.717) is 27.5 Å². The molecule has 0 saturated heterocycles. The maximum absolute atomic E-state index is 13.1. The Hall–Kier alpha value is -3.04. The minimum absolute atomic E-state index is 0.0891. The third kappa shape index (κ3) is 3.02. The van der Waals surface area contributed by atoms with Crippen LogP contribution >= 0.6 is 11.6 Å². The van der Waals surface area contributed by atoms with Crippen molar-refractivity contribution >= 4 is 28.4 Å². The van der Waals surface area contributed by atoms with E-state index in [0.717, 1.165) is 10.9 Å². The number of pyridine rings is 2. The molecule has 0 aliphatic heterocycles. The molecule has 0 bridgehead atoms. The molecule has 4 rings (SSSR count). The van der Waals surface area contributed by atoms with Gasteiger partial charge in [0.1, 0.15) is 0 Å². The van der Waals surface area contributed by atoms with Crippen LogP contribution in [-0.2, 0) is 0 Å². The first-order chi connectivity index (χ1) is 12.2. The number of halogens is 1. The lowest BCUT2D eigenvalue weighted by Crippen LogP contribution is -2.06. The van der Waals surface area contributed by atoms with Gasteiger partial charge in [-0.3, -0.25) is 4.79 Å². The Bertz CT molecular complexity index is 1060. The molecule has 4 heteroatoms. The van der Waals surface area contributed by atoms with Crippen molar-refractivity contribution in [3.8, 4) is 11.3 Å². The number of fused-ring (bicyclic) bond motifs is 1. The predicted molar refractivity (Wildman–Crippen MR) is 99.9 cm³/mol. The quantitative estimate of drug-likeness (QED) is 0.481. The Labute approximate surface area is 149 Å². The maximum Gasteiger partial charge on any atom is 0.195 e. The van der Waals surface area contributed by atoms with Crippen LogP contribution in [-0.4, -0.2) is 15.8 Å². The Morgan fingerprint density at radius 3 is 2.40 bits per heavy atom. The summed E-state index contributed by atoms with van der Waals surface area (Å²) in [4.78, 5) is 22.1. The van der Waals surface area contributed by atoms with Gasteiger partial charge in [-0.2, -0.15) is 0 Å². The number of nitrogens with zero attached hydrogens (tertiary/aromatic N) is 2. The summed E-state index contributed by atoms with van der Waals surface area (Å²) in [5.74, 6) is -0.0891. The normalized spacial score (nSPS) is 10.8. The van der Waals surface area contributed by atoms with Crippen molar-refractivity contribution in [2.24, 2.45) is 0 Å². The van der Waals surface area contributed by atoms with Crippen molar-refractivity contribution < 1.29 is 4.79 Å². The molecule has 0 radical (unpaired) electrons. The van der Waals surface area contributed by atoms with E-state index in [1.807, 2.05) is 48.5 Å². The van der Waals surface area contributed by atoms with Crippen LogP contribution in [0.15, 0.2) is 79.0 Å². The Balaban J connectivity index is 1.94. The van der Waals surface area contributed by atoms with Crippen LogP contribution in [0.3, 0.4) is 0 Å². The molecule has 0 aliphatic rings. The maximum atomic E-state index is 13.1.